The SMILES string of the molecule is COc1nc2c(c(Nc3cccc(F)c3)n1)CNCC2. The van der Waals surface area contributed by atoms with E-state index in [0.29, 0.717) is 24.1 Å². The van der Waals surface area contributed by atoms with Gasteiger partial charge in [-0.3, -0.25) is 0 Å². The zero-order chi connectivity index (χ0) is 13.9. The second-order valence-electron chi connectivity index (χ2n) is 4.55. The molecule has 1 aromatic carbocycles. The molecule has 0 amide bonds. The Morgan fingerprint density at radius 2 is 2.25 bits per heavy atom. The van der Waals surface area contributed by atoms with Crippen molar-refractivity contribution in [1.82, 2.24) is 15.3 Å². The minimum atomic E-state index is -0.289. The third kappa shape index (κ3) is 2.55. The number of aromatic nitrogens is 2. The first kappa shape index (κ1) is 12.8. The molecular weight excluding hydrogens is 259 g/mol. The lowest BCUT2D eigenvalue weighted by atomic mass is 10.1. The standard InChI is InChI=1S/C14H15FN4O/c1-20-14-18-12-5-6-16-8-11(12)13(19-14)17-10-4-2-3-9(15)7-10/h2-4,7,16H,5-6,8H2,1H3,(H,17,18,19). The van der Waals surface area contributed by atoms with Gasteiger partial charge in [0.05, 0.1) is 12.8 Å². The summed E-state index contributed by atoms with van der Waals surface area (Å²) in [4.78, 5) is 8.69. The molecule has 2 N–H and O–H groups in total. The van der Waals surface area contributed by atoms with Crippen molar-refractivity contribution in [2.24, 2.45) is 0 Å². The maximum atomic E-state index is 13.2. The average molecular weight is 274 g/mol. The van der Waals surface area contributed by atoms with Crippen LogP contribution in [-0.2, 0) is 13.0 Å². The minimum absolute atomic E-state index is 0.289. The van der Waals surface area contributed by atoms with Gasteiger partial charge in [0.15, 0.2) is 0 Å². The highest BCUT2D eigenvalue weighted by Crippen LogP contribution is 2.25. The number of nitrogens with one attached hydrogen (secondary N) is 2. The zero-order valence-electron chi connectivity index (χ0n) is 11.1. The van der Waals surface area contributed by atoms with Crippen LogP contribution in [0.2, 0.25) is 0 Å². The molecule has 1 aliphatic heterocycles. The molecule has 5 nitrogen and oxygen atoms in total. The number of hydrogen-bond acceptors (Lipinski definition) is 5. The number of halogens is 1. The third-order valence-corrected chi connectivity index (χ3v) is 3.18. The first-order chi connectivity index (χ1) is 9.76. The summed E-state index contributed by atoms with van der Waals surface area (Å²) < 4.78 is 18.4. The molecule has 104 valence electrons. The summed E-state index contributed by atoms with van der Waals surface area (Å²) in [6, 6.07) is 6.60. The van der Waals surface area contributed by atoms with Crippen LogP contribution in [0.1, 0.15) is 11.3 Å². The number of hydrogen-bond donors (Lipinski definition) is 2. The fourth-order valence-electron chi connectivity index (χ4n) is 2.22. The quantitative estimate of drug-likeness (QED) is 0.896. The van der Waals surface area contributed by atoms with Crippen molar-refractivity contribution in [2.45, 2.75) is 13.0 Å². The molecule has 3 rings (SSSR count). The molecule has 0 radical (unpaired) electrons. The molecule has 0 aliphatic carbocycles. The van der Waals surface area contributed by atoms with Crippen LogP contribution in [0.25, 0.3) is 0 Å². The average Bonchev–Trinajstić information content (AvgIpc) is 2.47. The molecule has 0 saturated heterocycles. The molecule has 0 fully saturated rings. The molecule has 1 aromatic heterocycles. The van der Waals surface area contributed by atoms with Crippen molar-refractivity contribution in [1.29, 1.82) is 0 Å². The lowest BCUT2D eigenvalue weighted by Crippen LogP contribution is -2.26. The van der Waals surface area contributed by atoms with Gasteiger partial charge in [-0.05, 0) is 18.2 Å². The summed E-state index contributed by atoms with van der Waals surface area (Å²) >= 11 is 0. The maximum absolute atomic E-state index is 13.2. The van der Waals surface area contributed by atoms with Gasteiger partial charge >= 0.3 is 6.01 Å². The number of rotatable bonds is 3. The van der Waals surface area contributed by atoms with Crippen LogP contribution >= 0.6 is 0 Å². The van der Waals surface area contributed by atoms with Crippen LogP contribution in [0.3, 0.4) is 0 Å². The van der Waals surface area contributed by atoms with E-state index in [1.165, 1.54) is 19.2 Å². The van der Waals surface area contributed by atoms with Crippen LogP contribution in [0, 0.1) is 5.82 Å². The molecule has 20 heavy (non-hydrogen) atoms. The Balaban J connectivity index is 1.99. The van der Waals surface area contributed by atoms with Crippen molar-refractivity contribution in [3.8, 4) is 6.01 Å². The highest BCUT2D eigenvalue weighted by Gasteiger charge is 2.18. The first-order valence-electron chi connectivity index (χ1n) is 6.43. The number of methoxy groups -OCH3 is 1. The zero-order valence-corrected chi connectivity index (χ0v) is 11.1. The summed E-state index contributed by atoms with van der Waals surface area (Å²) in [6.45, 7) is 1.57. The molecule has 0 unspecified atom stereocenters. The third-order valence-electron chi connectivity index (χ3n) is 3.18. The van der Waals surface area contributed by atoms with E-state index in [0.717, 1.165) is 24.2 Å². The van der Waals surface area contributed by atoms with Gasteiger partial charge in [0, 0.05) is 30.8 Å². The summed E-state index contributed by atoms with van der Waals surface area (Å²) in [5.41, 5.74) is 2.62. The maximum Gasteiger partial charge on any atom is 0.318 e. The second kappa shape index (κ2) is 5.42. The van der Waals surface area contributed by atoms with Crippen molar-refractivity contribution >= 4 is 11.5 Å². The highest BCUT2D eigenvalue weighted by atomic mass is 19.1. The lowest BCUT2D eigenvalue weighted by molar-refractivity contribution is 0.377. The van der Waals surface area contributed by atoms with E-state index in [1.807, 2.05) is 0 Å². The van der Waals surface area contributed by atoms with Gasteiger partial charge in [0.25, 0.3) is 0 Å². The van der Waals surface area contributed by atoms with E-state index in [1.54, 1.807) is 12.1 Å². The van der Waals surface area contributed by atoms with Crippen LogP contribution < -0.4 is 15.4 Å². The van der Waals surface area contributed by atoms with Gasteiger partial charge in [-0.25, -0.2) is 4.39 Å². The van der Waals surface area contributed by atoms with E-state index < -0.39 is 0 Å². The molecule has 0 saturated carbocycles. The van der Waals surface area contributed by atoms with Gasteiger partial charge in [0.1, 0.15) is 11.6 Å². The predicted molar refractivity (Wildman–Crippen MR) is 73.7 cm³/mol. The Kier molecular flexibility index (Phi) is 3.47. The molecule has 2 heterocycles. The van der Waals surface area contributed by atoms with Gasteiger partial charge in [0.2, 0.25) is 0 Å². The second-order valence-corrected chi connectivity index (χ2v) is 4.55. The Morgan fingerprint density at radius 3 is 3.05 bits per heavy atom. The fourth-order valence-corrected chi connectivity index (χ4v) is 2.22. The molecule has 2 aromatic rings. The number of benzene rings is 1. The molecule has 0 atom stereocenters. The number of anilines is 2. The normalized spacial score (nSPS) is 13.7. The van der Waals surface area contributed by atoms with Crippen LogP contribution in [-0.4, -0.2) is 23.6 Å². The summed E-state index contributed by atoms with van der Waals surface area (Å²) in [5.74, 6) is 0.368. The van der Waals surface area contributed by atoms with Crippen molar-refractivity contribution in [2.75, 3.05) is 19.0 Å². The molecule has 1 aliphatic rings. The molecule has 6 heteroatoms. The van der Waals surface area contributed by atoms with Gasteiger partial charge in [-0.1, -0.05) is 6.07 Å². The Hall–Kier alpha value is -2.21. The van der Waals surface area contributed by atoms with Gasteiger partial charge < -0.3 is 15.4 Å². The summed E-state index contributed by atoms with van der Waals surface area (Å²) in [6.07, 6.45) is 0.825. The Morgan fingerprint density at radius 1 is 1.35 bits per heavy atom. The first-order valence-corrected chi connectivity index (χ1v) is 6.43. The van der Waals surface area contributed by atoms with E-state index in [4.69, 9.17) is 4.74 Å². The molecular formula is C14H15FN4O. The monoisotopic (exact) mass is 274 g/mol. The van der Waals surface area contributed by atoms with E-state index >= 15 is 0 Å². The largest absolute Gasteiger partial charge is 0.467 e. The Labute approximate surface area is 116 Å². The number of ether oxygens (including phenoxy) is 1. The van der Waals surface area contributed by atoms with E-state index in [2.05, 4.69) is 20.6 Å². The predicted octanol–water partition coefficient (Wildman–Crippen LogP) is 2.01. The Bertz CT molecular complexity index is 633. The van der Waals surface area contributed by atoms with Gasteiger partial charge in [-0.2, -0.15) is 9.97 Å². The minimum Gasteiger partial charge on any atom is -0.467 e. The van der Waals surface area contributed by atoms with Gasteiger partial charge in [-0.15, -0.1) is 0 Å². The van der Waals surface area contributed by atoms with Crippen LogP contribution in [0.15, 0.2) is 24.3 Å². The van der Waals surface area contributed by atoms with Crippen molar-refractivity contribution in [3.05, 3.63) is 41.3 Å². The number of nitrogens with zero attached hydrogens (tertiary/aromatic N) is 2. The topological polar surface area (TPSA) is 59.1 Å². The van der Waals surface area contributed by atoms with E-state index in [9.17, 15) is 4.39 Å². The molecule has 0 bridgehead atoms. The van der Waals surface area contributed by atoms with Crippen molar-refractivity contribution in [3.63, 3.8) is 0 Å². The molecule has 0 spiro atoms. The lowest BCUT2D eigenvalue weighted by Gasteiger charge is -2.20. The van der Waals surface area contributed by atoms with Crippen LogP contribution in [0.4, 0.5) is 15.9 Å². The number of fused-ring (bicyclic) bond motifs is 1. The van der Waals surface area contributed by atoms with Crippen LogP contribution in [0.5, 0.6) is 6.01 Å². The highest BCUT2D eigenvalue weighted by molar-refractivity contribution is 5.60. The summed E-state index contributed by atoms with van der Waals surface area (Å²) in [7, 11) is 1.54. The smallest absolute Gasteiger partial charge is 0.318 e. The van der Waals surface area contributed by atoms with E-state index in [-0.39, 0.29) is 5.82 Å². The van der Waals surface area contributed by atoms with Crippen molar-refractivity contribution < 1.29 is 9.13 Å². The fraction of sp³-hybridized carbons (Fsp3) is 0.286. The summed E-state index contributed by atoms with van der Waals surface area (Å²) in [5, 5.41) is 6.42.